The molecule has 0 aliphatic heterocycles. The van der Waals surface area contributed by atoms with Crippen molar-refractivity contribution in [2.24, 2.45) is 0 Å². The SMILES string of the molecule is COC1CCC(NC(=O)CCCC(=O)O)C1. The lowest BCUT2D eigenvalue weighted by Crippen LogP contribution is -2.33. The van der Waals surface area contributed by atoms with Crippen molar-refractivity contribution < 1.29 is 19.4 Å². The summed E-state index contributed by atoms with van der Waals surface area (Å²) in [5, 5.41) is 11.3. The van der Waals surface area contributed by atoms with Gasteiger partial charge in [-0.3, -0.25) is 9.59 Å². The van der Waals surface area contributed by atoms with Gasteiger partial charge >= 0.3 is 5.97 Å². The van der Waals surface area contributed by atoms with Crippen molar-refractivity contribution in [3.05, 3.63) is 0 Å². The first-order valence-electron chi connectivity index (χ1n) is 5.65. The van der Waals surface area contributed by atoms with Crippen molar-refractivity contribution in [2.45, 2.75) is 50.7 Å². The summed E-state index contributed by atoms with van der Waals surface area (Å²) in [7, 11) is 1.68. The van der Waals surface area contributed by atoms with Gasteiger partial charge in [0.2, 0.25) is 5.91 Å². The molecule has 92 valence electrons. The highest BCUT2D eigenvalue weighted by atomic mass is 16.5. The molecule has 0 saturated heterocycles. The fourth-order valence-corrected chi connectivity index (χ4v) is 1.99. The number of nitrogens with one attached hydrogen (secondary N) is 1. The molecular formula is C11H19NO4. The molecule has 1 aliphatic carbocycles. The number of carbonyl (C=O) groups is 2. The van der Waals surface area contributed by atoms with Gasteiger partial charge in [0.1, 0.15) is 0 Å². The number of ether oxygens (including phenoxy) is 1. The minimum Gasteiger partial charge on any atom is -0.481 e. The molecule has 1 saturated carbocycles. The van der Waals surface area contributed by atoms with Crippen LogP contribution < -0.4 is 5.32 Å². The summed E-state index contributed by atoms with van der Waals surface area (Å²) in [4.78, 5) is 21.7. The van der Waals surface area contributed by atoms with E-state index in [9.17, 15) is 9.59 Å². The predicted octanol–water partition coefficient (Wildman–Crippen LogP) is 0.925. The molecule has 0 bridgehead atoms. The van der Waals surface area contributed by atoms with Crippen molar-refractivity contribution in [1.82, 2.24) is 5.32 Å². The second-order valence-electron chi connectivity index (χ2n) is 4.18. The number of methoxy groups -OCH3 is 1. The molecule has 0 heterocycles. The van der Waals surface area contributed by atoms with Crippen LogP contribution in [-0.4, -0.2) is 36.2 Å². The van der Waals surface area contributed by atoms with Crippen LogP contribution in [-0.2, 0) is 14.3 Å². The van der Waals surface area contributed by atoms with Crippen molar-refractivity contribution >= 4 is 11.9 Å². The van der Waals surface area contributed by atoms with E-state index in [4.69, 9.17) is 9.84 Å². The van der Waals surface area contributed by atoms with Gasteiger partial charge in [-0.2, -0.15) is 0 Å². The second kappa shape index (κ2) is 6.48. The van der Waals surface area contributed by atoms with Gasteiger partial charge in [-0.25, -0.2) is 0 Å². The van der Waals surface area contributed by atoms with E-state index in [1.165, 1.54) is 0 Å². The van der Waals surface area contributed by atoms with Gasteiger partial charge in [0.15, 0.2) is 0 Å². The zero-order chi connectivity index (χ0) is 12.0. The number of rotatable bonds is 6. The van der Waals surface area contributed by atoms with Crippen molar-refractivity contribution in [1.29, 1.82) is 0 Å². The average Bonchev–Trinajstić information content (AvgIpc) is 2.65. The maximum Gasteiger partial charge on any atom is 0.303 e. The quantitative estimate of drug-likeness (QED) is 0.710. The van der Waals surface area contributed by atoms with E-state index in [-0.39, 0.29) is 24.5 Å². The first kappa shape index (κ1) is 13.0. The number of aliphatic carboxylic acids is 1. The Morgan fingerprint density at radius 2 is 2.12 bits per heavy atom. The van der Waals surface area contributed by atoms with Gasteiger partial charge in [-0.1, -0.05) is 0 Å². The molecule has 2 N–H and O–H groups in total. The van der Waals surface area contributed by atoms with Gasteiger partial charge in [-0.05, 0) is 25.7 Å². The summed E-state index contributed by atoms with van der Waals surface area (Å²) < 4.78 is 5.21. The minimum absolute atomic E-state index is 0.0528. The van der Waals surface area contributed by atoms with E-state index < -0.39 is 5.97 Å². The maximum atomic E-state index is 11.4. The van der Waals surface area contributed by atoms with E-state index in [0.717, 1.165) is 19.3 Å². The number of hydrogen-bond donors (Lipinski definition) is 2. The largest absolute Gasteiger partial charge is 0.481 e. The van der Waals surface area contributed by atoms with Gasteiger partial charge in [0.25, 0.3) is 0 Å². The van der Waals surface area contributed by atoms with Crippen LogP contribution in [0.2, 0.25) is 0 Å². The van der Waals surface area contributed by atoms with Crippen LogP contribution >= 0.6 is 0 Å². The molecular weight excluding hydrogens is 210 g/mol. The van der Waals surface area contributed by atoms with Crippen molar-refractivity contribution in [3.8, 4) is 0 Å². The summed E-state index contributed by atoms with van der Waals surface area (Å²) >= 11 is 0. The molecule has 1 rings (SSSR count). The van der Waals surface area contributed by atoms with Crippen LogP contribution in [0.5, 0.6) is 0 Å². The summed E-state index contributed by atoms with van der Waals surface area (Å²) in [5.41, 5.74) is 0. The summed E-state index contributed by atoms with van der Waals surface area (Å²) in [6.07, 6.45) is 3.80. The van der Waals surface area contributed by atoms with Crippen LogP contribution in [0.3, 0.4) is 0 Å². The molecule has 1 amide bonds. The van der Waals surface area contributed by atoms with Crippen LogP contribution in [0.4, 0.5) is 0 Å². The van der Waals surface area contributed by atoms with Crippen molar-refractivity contribution in [3.63, 3.8) is 0 Å². The number of carboxylic acids is 1. The lowest BCUT2D eigenvalue weighted by molar-refractivity contribution is -0.137. The first-order valence-corrected chi connectivity index (χ1v) is 5.65. The van der Waals surface area contributed by atoms with Crippen molar-refractivity contribution in [2.75, 3.05) is 7.11 Å². The van der Waals surface area contributed by atoms with Gasteiger partial charge in [-0.15, -0.1) is 0 Å². The average molecular weight is 229 g/mol. The molecule has 0 aromatic rings. The van der Waals surface area contributed by atoms with Crippen LogP contribution in [0.1, 0.15) is 38.5 Å². The molecule has 16 heavy (non-hydrogen) atoms. The zero-order valence-corrected chi connectivity index (χ0v) is 9.57. The highest BCUT2D eigenvalue weighted by Gasteiger charge is 2.25. The molecule has 1 aliphatic rings. The molecule has 5 nitrogen and oxygen atoms in total. The Kier molecular flexibility index (Phi) is 5.25. The number of hydrogen-bond acceptors (Lipinski definition) is 3. The standard InChI is InChI=1S/C11H19NO4/c1-16-9-6-5-8(7-9)12-10(13)3-2-4-11(14)15/h8-9H,2-7H2,1H3,(H,12,13)(H,14,15). The monoisotopic (exact) mass is 229 g/mol. The van der Waals surface area contributed by atoms with Crippen LogP contribution in [0.25, 0.3) is 0 Å². The molecule has 0 spiro atoms. The molecule has 1 fully saturated rings. The Labute approximate surface area is 95.2 Å². The Balaban J connectivity index is 2.12. The topological polar surface area (TPSA) is 75.6 Å². The normalized spacial score (nSPS) is 24.3. The smallest absolute Gasteiger partial charge is 0.303 e. The third-order valence-corrected chi connectivity index (χ3v) is 2.88. The van der Waals surface area contributed by atoms with E-state index in [0.29, 0.717) is 12.8 Å². The summed E-state index contributed by atoms with van der Waals surface area (Å²) in [5.74, 6) is -0.906. The Morgan fingerprint density at radius 1 is 1.38 bits per heavy atom. The molecule has 2 atom stereocenters. The highest BCUT2D eigenvalue weighted by Crippen LogP contribution is 2.21. The van der Waals surface area contributed by atoms with E-state index in [1.54, 1.807) is 7.11 Å². The zero-order valence-electron chi connectivity index (χ0n) is 9.57. The Morgan fingerprint density at radius 3 is 2.69 bits per heavy atom. The van der Waals surface area contributed by atoms with E-state index >= 15 is 0 Å². The van der Waals surface area contributed by atoms with Gasteiger partial charge in [0.05, 0.1) is 6.10 Å². The lowest BCUT2D eigenvalue weighted by Gasteiger charge is -2.12. The molecule has 0 aromatic heterocycles. The highest BCUT2D eigenvalue weighted by molar-refractivity contribution is 5.77. The van der Waals surface area contributed by atoms with Gasteiger partial charge in [0, 0.05) is 26.0 Å². The minimum atomic E-state index is -0.854. The van der Waals surface area contributed by atoms with E-state index in [2.05, 4.69) is 5.32 Å². The van der Waals surface area contributed by atoms with Crippen LogP contribution in [0, 0.1) is 0 Å². The molecule has 2 unspecified atom stereocenters. The lowest BCUT2D eigenvalue weighted by atomic mass is 10.2. The molecule has 0 radical (unpaired) electrons. The van der Waals surface area contributed by atoms with Gasteiger partial charge < -0.3 is 15.2 Å². The summed E-state index contributed by atoms with van der Waals surface area (Å²) in [6, 6.07) is 0.197. The second-order valence-corrected chi connectivity index (χ2v) is 4.18. The van der Waals surface area contributed by atoms with Crippen LogP contribution in [0.15, 0.2) is 0 Å². The third kappa shape index (κ3) is 4.61. The van der Waals surface area contributed by atoms with E-state index in [1.807, 2.05) is 0 Å². The molecule has 0 aromatic carbocycles. The number of carboxylic acid groups (broad SMARTS) is 1. The first-order chi connectivity index (χ1) is 7.61. The number of carbonyl (C=O) groups excluding carboxylic acids is 1. The Hall–Kier alpha value is -1.10. The third-order valence-electron chi connectivity index (χ3n) is 2.88. The predicted molar refractivity (Wildman–Crippen MR) is 58.1 cm³/mol. The maximum absolute atomic E-state index is 11.4. The fraction of sp³-hybridized carbons (Fsp3) is 0.818. The Bertz CT molecular complexity index is 254. The number of amides is 1. The fourth-order valence-electron chi connectivity index (χ4n) is 1.99. The summed E-state index contributed by atoms with van der Waals surface area (Å²) in [6.45, 7) is 0. The molecule has 5 heteroatoms.